The Kier molecular flexibility index (Phi) is 10.1. The van der Waals surface area contributed by atoms with Crippen molar-refractivity contribution in [3.05, 3.63) is 81.4 Å². The summed E-state index contributed by atoms with van der Waals surface area (Å²) in [6.45, 7) is 2.29. The fraction of sp³-hybridized carbons (Fsp3) is 0.343. The number of aromatic nitrogens is 1. The molecule has 1 aliphatic rings. The highest BCUT2D eigenvalue weighted by Crippen LogP contribution is 2.50. The first-order valence-corrected chi connectivity index (χ1v) is 15.3. The van der Waals surface area contributed by atoms with Crippen molar-refractivity contribution in [2.45, 2.75) is 45.1 Å². The fourth-order valence-electron chi connectivity index (χ4n) is 6.11. The van der Waals surface area contributed by atoms with Gasteiger partial charge in [-0.3, -0.25) is 14.4 Å². The fourth-order valence-corrected chi connectivity index (χ4v) is 6.11. The van der Waals surface area contributed by atoms with Crippen LogP contribution < -0.4 is 35.6 Å². The summed E-state index contributed by atoms with van der Waals surface area (Å²) >= 11 is 0. The van der Waals surface area contributed by atoms with Crippen LogP contribution in [0.1, 0.15) is 48.9 Å². The van der Waals surface area contributed by atoms with Crippen molar-refractivity contribution in [1.82, 2.24) is 15.6 Å². The molecule has 1 heterocycles. The van der Waals surface area contributed by atoms with Gasteiger partial charge in [0.05, 0.1) is 33.1 Å². The summed E-state index contributed by atoms with van der Waals surface area (Å²) in [6, 6.07) is 11.2. The number of methoxy groups -OCH3 is 3. The highest BCUT2D eigenvalue weighted by molar-refractivity contribution is 5.84. The first-order chi connectivity index (χ1) is 22.2. The predicted octanol–water partition coefficient (Wildman–Crippen LogP) is 5.03. The third-order valence-corrected chi connectivity index (χ3v) is 8.26. The molecule has 0 bridgehead atoms. The first-order valence-electron chi connectivity index (χ1n) is 15.3. The molecule has 1 aromatic heterocycles. The molecule has 10 nitrogen and oxygen atoms in total. The standard InChI is InChI=1S/C35H39FN4O6/c1-20(41)40-28-10-7-21-16-31(44-2)34(45-3)35(46-4)33(21)24-9-12-29(30(42)18-26(24)28)37-14-5-6-32(43)38-15-13-22-19-39-27-11-8-23(36)17-25(22)27/h8-9,11-12,16-19,28,39H,5-7,10,13-15H2,1-4H3,(H,37,42)(H,38,43)(H,40,41)/t28-/m0/s1. The highest BCUT2D eigenvalue weighted by Gasteiger charge is 2.29. The lowest BCUT2D eigenvalue weighted by atomic mass is 9.95. The SMILES string of the molecule is COc1cc2c(c(OC)c1OC)-c1ccc(NCCCC(=O)NCCc3c[nH]c4ccc(F)cc34)c(=O)cc1[C@@H](NC(C)=O)CC2. The zero-order chi connectivity index (χ0) is 32.8. The van der Waals surface area contributed by atoms with Gasteiger partial charge in [0.1, 0.15) is 5.82 Å². The molecular weight excluding hydrogens is 591 g/mol. The maximum Gasteiger partial charge on any atom is 0.220 e. The van der Waals surface area contributed by atoms with E-state index in [9.17, 15) is 18.8 Å². The molecule has 1 aliphatic carbocycles. The van der Waals surface area contributed by atoms with Crippen molar-refractivity contribution in [3.8, 4) is 28.4 Å². The normalized spacial score (nSPS) is 13.6. The molecule has 3 aromatic carbocycles. The summed E-state index contributed by atoms with van der Waals surface area (Å²) in [7, 11) is 4.66. The molecule has 11 heteroatoms. The molecule has 0 aliphatic heterocycles. The minimum atomic E-state index is -0.401. The van der Waals surface area contributed by atoms with Crippen molar-refractivity contribution in [3.63, 3.8) is 0 Å². The number of halogens is 1. The van der Waals surface area contributed by atoms with E-state index in [1.807, 2.05) is 18.3 Å². The maximum atomic E-state index is 13.6. The molecule has 4 aromatic rings. The van der Waals surface area contributed by atoms with Crippen LogP contribution in [0.25, 0.3) is 22.0 Å². The minimum absolute atomic E-state index is 0.105. The van der Waals surface area contributed by atoms with Crippen LogP contribution in [-0.2, 0) is 22.4 Å². The molecule has 0 radical (unpaired) electrons. The van der Waals surface area contributed by atoms with Gasteiger partial charge >= 0.3 is 0 Å². The number of hydrogen-bond acceptors (Lipinski definition) is 7. The van der Waals surface area contributed by atoms with Gasteiger partial charge in [-0.15, -0.1) is 0 Å². The Balaban J connectivity index is 1.29. The monoisotopic (exact) mass is 630 g/mol. The number of nitrogens with one attached hydrogen (secondary N) is 4. The van der Waals surface area contributed by atoms with Crippen LogP contribution in [-0.4, -0.2) is 51.2 Å². The highest BCUT2D eigenvalue weighted by atomic mass is 19.1. The van der Waals surface area contributed by atoms with Gasteiger partial charge in [-0.2, -0.15) is 0 Å². The van der Waals surface area contributed by atoms with E-state index < -0.39 is 6.04 Å². The number of rotatable bonds is 12. The van der Waals surface area contributed by atoms with Crippen LogP contribution in [0.4, 0.5) is 10.1 Å². The summed E-state index contributed by atoms with van der Waals surface area (Å²) in [6.07, 6.45) is 4.36. The summed E-state index contributed by atoms with van der Waals surface area (Å²) in [4.78, 5) is 41.2. The second-order valence-electron chi connectivity index (χ2n) is 11.2. The molecule has 0 saturated carbocycles. The molecular formula is C35H39FN4O6. The molecule has 46 heavy (non-hydrogen) atoms. The van der Waals surface area contributed by atoms with Gasteiger partial charge < -0.3 is 35.1 Å². The number of fused-ring (bicyclic) bond motifs is 4. The van der Waals surface area contributed by atoms with Gasteiger partial charge in [0.2, 0.25) is 23.0 Å². The summed E-state index contributed by atoms with van der Waals surface area (Å²) in [5.74, 6) is 0.849. The van der Waals surface area contributed by atoms with Gasteiger partial charge in [0, 0.05) is 49.1 Å². The van der Waals surface area contributed by atoms with Gasteiger partial charge in [-0.1, -0.05) is 6.07 Å². The molecule has 0 spiro atoms. The molecule has 0 saturated heterocycles. The quantitative estimate of drug-likeness (QED) is 0.162. The Labute approximate surface area is 266 Å². The predicted molar refractivity (Wildman–Crippen MR) is 175 cm³/mol. The number of aryl methyl sites for hydroxylation is 1. The third-order valence-electron chi connectivity index (χ3n) is 8.26. The van der Waals surface area contributed by atoms with Gasteiger partial charge in [-0.25, -0.2) is 4.39 Å². The molecule has 0 fully saturated rings. The Morgan fingerprint density at radius 2 is 1.80 bits per heavy atom. The van der Waals surface area contributed by atoms with E-state index in [0.29, 0.717) is 67.3 Å². The van der Waals surface area contributed by atoms with Crippen LogP contribution in [0.3, 0.4) is 0 Å². The molecule has 0 unspecified atom stereocenters. The van der Waals surface area contributed by atoms with Gasteiger partial charge in [-0.05, 0) is 84.3 Å². The average Bonchev–Trinajstić information content (AvgIpc) is 3.28. The lowest BCUT2D eigenvalue weighted by Crippen LogP contribution is -2.26. The molecule has 1 atom stereocenters. The number of amides is 2. The van der Waals surface area contributed by atoms with Gasteiger partial charge in [0.25, 0.3) is 0 Å². The Bertz CT molecular complexity index is 1820. The zero-order valence-electron chi connectivity index (χ0n) is 26.5. The largest absolute Gasteiger partial charge is 0.493 e. The van der Waals surface area contributed by atoms with Crippen LogP contribution in [0.5, 0.6) is 17.2 Å². The number of benzene rings is 2. The van der Waals surface area contributed by atoms with Crippen molar-refractivity contribution < 1.29 is 28.2 Å². The Morgan fingerprint density at radius 3 is 2.54 bits per heavy atom. The lowest BCUT2D eigenvalue weighted by molar-refractivity contribution is -0.121. The first kappa shape index (κ1) is 32.3. The average molecular weight is 631 g/mol. The van der Waals surface area contributed by atoms with Crippen molar-refractivity contribution >= 4 is 28.4 Å². The number of anilines is 1. The van der Waals surface area contributed by atoms with Crippen LogP contribution in [0, 0.1) is 5.82 Å². The van der Waals surface area contributed by atoms with Crippen molar-refractivity contribution in [2.24, 2.45) is 0 Å². The molecule has 5 rings (SSSR count). The minimum Gasteiger partial charge on any atom is -0.493 e. The number of ether oxygens (including phenoxy) is 3. The Morgan fingerprint density at radius 1 is 1.00 bits per heavy atom. The topological polar surface area (TPSA) is 131 Å². The third kappa shape index (κ3) is 6.93. The van der Waals surface area contributed by atoms with E-state index in [4.69, 9.17) is 14.2 Å². The number of carbonyl (C=O) groups is 2. The van der Waals surface area contributed by atoms with E-state index in [1.165, 1.54) is 19.1 Å². The second kappa shape index (κ2) is 14.4. The number of H-pyrrole nitrogens is 1. The molecule has 2 amide bonds. The molecule has 4 N–H and O–H groups in total. The van der Waals surface area contributed by atoms with Crippen molar-refractivity contribution in [1.29, 1.82) is 0 Å². The summed E-state index contributed by atoms with van der Waals surface area (Å²) in [5, 5.41) is 9.91. The van der Waals surface area contributed by atoms with Crippen LogP contribution in [0.2, 0.25) is 0 Å². The second-order valence-corrected chi connectivity index (χ2v) is 11.2. The summed E-state index contributed by atoms with van der Waals surface area (Å²) < 4.78 is 30.7. The zero-order valence-corrected chi connectivity index (χ0v) is 26.5. The van der Waals surface area contributed by atoms with E-state index in [2.05, 4.69) is 20.9 Å². The number of aromatic amines is 1. The van der Waals surface area contributed by atoms with Crippen LogP contribution in [0.15, 0.2) is 53.5 Å². The molecule has 242 valence electrons. The van der Waals surface area contributed by atoms with Crippen molar-refractivity contribution in [2.75, 3.05) is 39.7 Å². The summed E-state index contributed by atoms with van der Waals surface area (Å²) in [5.41, 5.74) is 5.07. The van der Waals surface area contributed by atoms with Gasteiger partial charge in [0.15, 0.2) is 11.5 Å². The number of hydrogen-bond donors (Lipinski definition) is 4. The van der Waals surface area contributed by atoms with E-state index >= 15 is 0 Å². The lowest BCUT2D eigenvalue weighted by Gasteiger charge is -2.19. The van der Waals surface area contributed by atoms with E-state index in [-0.39, 0.29) is 29.5 Å². The van der Waals surface area contributed by atoms with E-state index in [0.717, 1.165) is 33.2 Å². The maximum absolute atomic E-state index is 13.6. The smallest absolute Gasteiger partial charge is 0.220 e. The van der Waals surface area contributed by atoms with E-state index in [1.54, 1.807) is 39.5 Å². The number of carbonyl (C=O) groups excluding carboxylic acids is 2. The Hall–Kier alpha value is -5.06. The van der Waals surface area contributed by atoms with Crippen LogP contribution >= 0.6 is 0 Å².